The van der Waals surface area contributed by atoms with Crippen LogP contribution in [0.2, 0.25) is 0 Å². The maximum atomic E-state index is 13.2. The fourth-order valence-electron chi connectivity index (χ4n) is 2.64. The van der Waals surface area contributed by atoms with E-state index in [4.69, 9.17) is 0 Å². The first-order chi connectivity index (χ1) is 9.71. The fourth-order valence-corrected chi connectivity index (χ4v) is 2.64. The number of benzene rings is 1. The van der Waals surface area contributed by atoms with Crippen molar-refractivity contribution in [1.82, 2.24) is 0 Å². The molecule has 6 heteroatoms. The average molecular weight is 296 g/mol. The SMILES string of the molecule is CC1(C)CCC(O)(CNc2cc(F)ccc2[N+](=O)[O-])CC1. The van der Waals surface area contributed by atoms with Crippen LogP contribution in [0, 0.1) is 21.3 Å². The number of nitro groups is 1. The number of hydrogen-bond donors (Lipinski definition) is 2. The average Bonchev–Trinajstić information content (AvgIpc) is 2.40. The number of nitro benzene ring substituents is 1. The minimum atomic E-state index is -0.893. The summed E-state index contributed by atoms with van der Waals surface area (Å²) in [6, 6.07) is 3.28. The van der Waals surface area contributed by atoms with Crippen LogP contribution >= 0.6 is 0 Å². The predicted octanol–water partition coefficient (Wildman–Crippen LogP) is 3.48. The molecule has 1 aromatic rings. The maximum absolute atomic E-state index is 13.2. The lowest BCUT2D eigenvalue weighted by Gasteiger charge is -2.40. The molecule has 1 saturated carbocycles. The van der Waals surface area contributed by atoms with Crippen LogP contribution in [0.25, 0.3) is 0 Å². The van der Waals surface area contributed by atoms with Gasteiger partial charge in [-0.3, -0.25) is 10.1 Å². The van der Waals surface area contributed by atoms with Crippen molar-refractivity contribution in [3.8, 4) is 0 Å². The molecular weight excluding hydrogens is 275 g/mol. The first-order valence-corrected chi connectivity index (χ1v) is 7.11. The van der Waals surface area contributed by atoms with E-state index in [9.17, 15) is 19.6 Å². The molecule has 0 spiro atoms. The van der Waals surface area contributed by atoms with E-state index in [1.165, 1.54) is 0 Å². The van der Waals surface area contributed by atoms with Crippen LogP contribution in [0.3, 0.4) is 0 Å². The Morgan fingerprint density at radius 1 is 1.33 bits per heavy atom. The molecule has 0 heterocycles. The summed E-state index contributed by atoms with van der Waals surface area (Å²) in [4.78, 5) is 10.4. The highest BCUT2D eigenvalue weighted by molar-refractivity contribution is 5.61. The van der Waals surface area contributed by atoms with Crippen LogP contribution in [0.4, 0.5) is 15.8 Å². The van der Waals surface area contributed by atoms with Gasteiger partial charge < -0.3 is 10.4 Å². The van der Waals surface area contributed by atoms with Gasteiger partial charge in [-0.25, -0.2) is 4.39 Å². The molecule has 0 atom stereocenters. The summed E-state index contributed by atoms with van der Waals surface area (Å²) < 4.78 is 13.2. The lowest BCUT2D eigenvalue weighted by Crippen LogP contribution is -2.42. The van der Waals surface area contributed by atoms with Crippen molar-refractivity contribution < 1.29 is 14.4 Å². The summed E-state index contributed by atoms with van der Waals surface area (Å²) in [6.45, 7) is 4.52. The van der Waals surface area contributed by atoms with E-state index in [-0.39, 0.29) is 23.3 Å². The molecule has 0 bridgehead atoms. The number of halogens is 1. The highest BCUT2D eigenvalue weighted by atomic mass is 19.1. The van der Waals surface area contributed by atoms with Crippen molar-refractivity contribution in [2.75, 3.05) is 11.9 Å². The number of aliphatic hydroxyl groups is 1. The smallest absolute Gasteiger partial charge is 0.292 e. The molecule has 0 radical (unpaired) electrons. The normalized spacial score (nSPS) is 20.0. The van der Waals surface area contributed by atoms with Gasteiger partial charge >= 0.3 is 0 Å². The second-order valence-corrected chi connectivity index (χ2v) is 6.66. The van der Waals surface area contributed by atoms with E-state index in [1.54, 1.807) is 0 Å². The Bertz CT molecular complexity index is 536. The molecule has 5 nitrogen and oxygen atoms in total. The molecule has 1 aliphatic rings. The molecule has 0 aliphatic heterocycles. The topological polar surface area (TPSA) is 75.4 Å². The molecule has 2 N–H and O–H groups in total. The van der Waals surface area contributed by atoms with Crippen LogP contribution in [0.5, 0.6) is 0 Å². The molecule has 2 rings (SSSR count). The summed E-state index contributed by atoms with van der Waals surface area (Å²) in [5.41, 5.74) is -0.748. The highest BCUT2D eigenvalue weighted by Crippen LogP contribution is 2.40. The molecule has 1 aliphatic carbocycles. The van der Waals surface area contributed by atoms with E-state index in [2.05, 4.69) is 19.2 Å². The third kappa shape index (κ3) is 3.91. The number of nitrogens with one attached hydrogen (secondary N) is 1. The predicted molar refractivity (Wildman–Crippen MR) is 78.7 cm³/mol. The molecule has 1 aromatic carbocycles. The first kappa shape index (κ1) is 15.7. The summed E-state index contributed by atoms with van der Waals surface area (Å²) >= 11 is 0. The van der Waals surface area contributed by atoms with Gasteiger partial charge in [0.1, 0.15) is 11.5 Å². The van der Waals surface area contributed by atoms with Crippen molar-refractivity contribution >= 4 is 11.4 Å². The number of anilines is 1. The van der Waals surface area contributed by atoms with Crippen LogP contribution in [0.15, 0.2) is 18.2 Å². The van der Waals surface area contributed by atoms with E-state index in [0.29, 0.717) is 12.8 Å². The fraction of sp³-hybridized carbons (Fsp3) is 0.600. The molecule has 0 amide bonds. The quantitative estimate of drug-likeness (QED) is 0.659. The van der Waals surface area contributed by atoms with Gasteiger partial charge in [0.05, 0.1) is 10.5 Å². The van der Waals surface area contributed by atoms with Crippen LogP contribution in [-0.2, 0) is 0 Å². The summed E-state index contributed by atoms with van der Waals surface area (Å²) in [5.74, 6) is -0.542. The Hall–Kier alpha value is -1.69. The van der Waals surface area contributed by atoms with Gasteiger partial charge in [-0.1, -0.05) is 13.8 Å². The van der Waals surface area contributed by atoms with Gasteiger partial charge in [0, 0.05) is 18.7 Å². The second kappa shape index (κ2) is 5.60. The third-order valence-corrected chi connectivity index (χ3v) is 4.30. The molecule has 0 saturated heterocycles. The second-order valence-electron chi connectivity index (χ2n) is 6.66. The van der Waals surface area contributed by atoms with Crippen molar-refractivity contribution in [2.24, 2.45) is 5.41 Å². The van der Waals surface area contributed by atoms with E-state index >= 15 is 0 Å². The van der Waals surface area contributed by atoms with Gasteiger partial charge in [-0.15, -0.1) is 0 Å². The molecule has 1 fully saturated rings. The van der Waals surface area contributed by atoms with Crippen molar-refractivity contribution in [3.05, 3.63) is 34.1 Å². The summed E-state index contributed by atoms with van der Waals surface area (Å²) in [7, 11) is 0. The van der Waals surface area contributed by atoms with Crippen LogP contribution in [0.1, 0.15) is 39.5 Å². The van der Waals surface area contributed by atoms with Gasteiger partial charge in [-0.2, -0.15) is 0 Å². The van der Waals surface area contributed by atoms with E-state index < -0.39 is 16.3 Å². The standard InChI is InChI=1S/C15H21FN2O3/c1-14(2)5-7-15(19,8-6-14)10-17-12-9-11(16)3-4-13(12)18(20)21/h3-4,9,17,19H,5-8,10H2,1-2H3. The molecular formula is C15H21FN2O3. The summed E-state index contributed by atoms with van der Waals surface area (Å²) in [5, 5.41) is 24.3. The Morgan fingerprint density at radius 2 is 1.95 bits per heavy atom. The Morgan fingerprint density at radius 3 is 2.52 bits per heavy atom. The number of hydrogen-bond acceptors (Lipinski definition) is 4. The Labute approximate surface area is 123 Å². The summed E-state index contributed by atoms with van der Waals surface area (Å²) in [6.07, 6.45) is 3.07. The highest BCUT2D eigenvalue weighted by Gasteiger charge is 2.36. The molecule has 116 valence electrons. The molecule has 21 heavy (non-hydrogen) atoms. The monoisotopic (exact) mass is 296 g/mol. The zero-order valence-corrected chi connectivity index (χ0v) is 12.4. The van der Waals surface area contributed by atoms with Gasteiger partial charge in [-0.05, 0) is 37.2 Å². The maximum Gasteiger partial charge on any atom is 0.292 e. The number of nitrogens with zero attached hydrogens (tertiary/aromatic N) is 1. The molecule has 0 aromatic heterocycles. The minimum absolute atomic E-state index is 0.109. The van der Waals surface area contributed by atoms with E-state index in [0.717, 1.165) is 31.0 Å². The van der Waals surface area contributed by atoms with Gasteiger partial charge in [0.15, 0.2) is 0 Å². The first-order valence-electron chi connectivity index (χ1n) is 7.11. The Balaban J connectivity index is 2.06. The van der Waals surface area contributed by atoms with Crippen LogP contribution in [-0.4, -0.2) is 22.2 Å². The van der Waals surface area contributed by atoms with Crippen molar-refractivity contribution in [3.63, 3.8) is 0 Å². The number of rotatable bonds is 4. The van der Waals surface area contributed by atoms with Gasteiger partial charge in [0.2, 0.25) is 0 Å². The lowest BCUT2D eigenvalue weighted by molar-refractivity contribution is -0.384. The zero-order valence-electron chi connectivity index (χ0n) is 12.4. The third-order valence-electron chi connectivity index (χ3n) is 4.30. The largest absolute Gasteiger partial charge is 0.388 e. The van der Waals surface area contributed by atoms with Crippen LogP contribution < -0.4 is 5.32 Å². The van der Waals surface area contributed by atoms with Gasteiger partial charge in [0.25, 0.3) is 5.69 Å². The molecule has 0 unspecified atom stereocenters. The zero-order chi connectivity index (χ0) is 15.7. The van der Waals surface area contributed by atoms with Crippen molar-refractivity contribution in [1.29, 1.82) is 0 Å². The van der Waals surface area contributed by atoms with Crippen molar-refractivity contribution in [2.45, 2.75) is 45.1 Å². The lowest BCUT2D eigenvalue weighted by atomic mass is 9.71. The Kier molecular flexibility index (Phi) is 4.18. The minimum Gasteiger partial charge on any atom is -0.388 e. The van der Waals surface area contributed by atoms with E-state index in [1.807, 2.05) is 0 Å².